The summed E-state index contributed by atoms with van der Waals surface area (Å²) in [6, 6.07) is 39.7. The second-order valence-corrected chi connectivity index (χ2v) is 13.0. The third kappa shape index (κ3) is 6.74. The van der Waals surface area contributed by atoms with Crippen molar-refractivity contribution < 1.29 is 9.59 Å². The van der Waals surface area contributed by atoms with Crippen LogP contribution in [0, 0.1) is 27.7 Å². The third-order valence-electron chi connectivity index (χ3n) is 9.13. The molecule has 2 amide bonds. The molecule has 2 N–H and O–H groups in total. The molecule has 6 nitrogen and oxygen atoms in total. The number of amides is 2. The zero-order valence-corrected chi connectivity index (χ0v) is 28.7. The van der Waals surface area contributed by atoms with Crippen LogP contribution in [-0.2, 0) is 13.1 Å². The van der Waals surface area contributed by atoms with Crippen LogP contribution in [0.1, 0.15) is 54.1 Å². The fourth-order valence-electron chi connectivity index (χ4n) is 6.61. The molecular weight excluding hydrogens is 617 g/mol. The molecular formula is C44H38N4O2. The largest absolute Gasteiger partial charge is 0.348 e. The molecule has 2 aromatic heterocycles. The number of para-hydroxylation sites is 2. The van der Waals surface area contributed by atoms with Gasteiger partial charge in [0.2, 0.25) is 0 Å². The first-order valence-electron chi connectivity index (χ1n) is 16.8. The monoisotopic (exact) mass is 654 g/mol. The Morgan fingerprint density at radius 2 is 0.940 bits per heavy atom. The highest BCUT2D eigenvalue weighted by Crippen LogP contribution is 2.29. The molecule has 0 saturated heterocycles. The number of aromatic nitrogens is 2. The van der Waals surface area contributed by atoms with Crippen LogP contribution in [0.3, 0.4) is 0 Å². The van der Waals surface area contributed by atoms with Gasteiger partial charge in [-0.05, 0) is 74.2 Å². The van der Waals surface area contributed by atoms with Gasteiger partial charge in [0.1, 0.15) is 0 Å². The number of hydrogen-bond donors (Lipinski definition) is 2. The highest BCUT2D eigenvalue weighted by molar-refractivity contribution is 6.08. The number of rotatable bonds is 8. The summed E-state index contributed by atoms with van der Waals surface area (Å²) in [5.41, 5.74) is 12.7. The molecule has 0 fully saturated rings. The molecule has 6 heteroatoms. The van der Waals surface area contributed by atoms with Crippen LogP contribution in [0.15, 0.2) is 121 Å². The second kappa shape index (κ2) is 13.8. The molecule has 5 aromatic carbocycles. The first-order chi connectivity index (χ1) is 24.2. The van der Waals surface area contributed by atoms with Gasteiger partial charge in [0.25, 0.3) is 11.8 Å². The predicted octanol–water partition coefficient (Wildman–Crippen LogP) is 9.21. The van der Waals surface area contributed by atoms with E-state index in [0.717, 1.165) is 66.6 Å². The van der Waals surface area contributed by atoms with E-state index >= 15 is 0 Å². The van der Waals surface area contributed by atoms with E-state index in [9.17, 15) is 9.59 Å². The molecule has 7 aromatic rings. The van der Waals surface area contributed by atoms with Crippen molar-refractivity contribution in [1.29, 1.82) is 0 Å². The van der Waals surface area contributed by atoms with Crippen LogP contribution in [-0.4, -0.2) is 21.8 Å². The summed E-state index contributed by atoms with van der Waals surface area (Å²) >= 11 is 0. The number of aryl methyl sites for hydroxylation is 4. The van der Waals surface area contributed by atoms with Gasteiger partial charge in [0.15, 0.2) is 0 Å². The first kappa shape index (κ1) is 32.4. The molecule has 0 radical (unpaired) electrons. The number of nitrogens with zero attached hydrogens (tertiary/aromatic N) is 2. The highest BCUT2D eigenvalue weighted by Gasteiger charge is 2.17. The van der Waals surface area contributed by atoms with Gasteiger partial charge < -0.3 is 10.6 Å². The van der Waals surface area contributed by atoms with Gasteiger partial charge in [-0.3, -0.25) is 9.59 Å². The summed E-state index contributed by atoms with van der Waals surface area (Å²) in [5, 5.41) is 7.84. The maximum Gasteiger partial charge on any atom is 0.252 e. The second-order valence-electron chi connectivity index (χ2n) is 13.0. The molecule has 0 unspecified atom stereocenters. The molecule has 7 rings (SSSR count). The Morgan fingerprint density at radius 3 is 1.38 bits per heavy atom. The Morgan fingerprint density at radius 1 is 0.500 bits per heavy atom. The molecule has 0 spiro atoms. The van der Waals surface area contributed by atoms with Crippen LogP contribution in [0.5, 0.6) is 0 Å². The van der Waals surface area contributed by atoms with Crippen molar-refractivity contribution in [3.8, 4) is 22.5 Å². The fourth-order valence-corrected chi connectivity index (χ4v) is 6.61. The Balaban J connectivity index is 1.08. The summed E-state index contributed by atoms with van der Waals surface area (Å²) in [6.45, 7) is 8.94. The average Bonchev–Trinajstić information content (AvgIpc) is 3.12. The predicted molar refractivity (Wildman–Crippen MR) is 202 cm³/mol. The van der Waals surface area contributed by atoms with E-state index in [4.69, 9.17) is 9.97 Å². The van der Waals surface area contributed by atoms with Crippen molar-refractivity contribution in [2.75, 3.05) is 0 Å². The highest BCUT2D eigenvalue weighted by atomic mass is 16.2. The van der Waals surface area contributed by atoms with Crippen molar-refractivity contribution in [2.45, 2.75) is 40.8 Å². The van der Waals surface area contributed by atoms with E-state index in [1.54, 1.807) is 0 Å². The van der Waals surface area contributed by atoms with Crippen molar-refractivity contribution in [2.24, 2.45) is 0 Å². The number of benzene rings is 5. The van der Waals surface area contributed by atoms with Crippen LogP contribution in [0.25, 0.3) is 44.3 Å². The van der Waals surface area contributed by atoms with Crippen LogP contribution < -0.4 is 10.6 Å². The van der Waals surface area contributed by atoms with Crippen molar-refractivity contribution in [3.05, 3.63) is 166 Å². The number of hydrogen-bond acceptors (Lipinski definition) is 4. The van der Waals surface area contributed by atoms with Gasteiger partial charge in [-0.15, -0.1) is 0 Å². The first-order valence-corrected chi connectivity index (χ1v) is 16.8. The zero-order valence-electron chi connectivity index (χ0n) is 28.7. The van der Waals surface area contributed by atoms with E-state index in [1.165, 1.54) is 11.1 Å². The van der Waals surface area contributed by atoms with E-state index in [-0.39, 0.29) is 11.8 Å². The molecule has 0 aliphatic heterocycles. The molecule has 0 aliphatic rings. The minimum atomic E-state index is -0.169. The molecule has 0 bridgehead atoms. The number of carbonyl (C=O) groups is 2. The average molecular weight is 655 g/mol. The standard InChI is InChI=1S/C44H38N4O2/c1-27-16-18-33(29(3)20-27)41-23-37(35-12-5-7-14-39(35)47-41)43(49)45-25-31-10-9-11-32(22-31)26-46-44(50)38-24-42(34-19-17-28(2)21-30(34)4)48-40-15-8-6-13-36(38)40/h5-24H,25-26H2,1-4H3,(H,45,49)(H,46,50). The maximum atomic E-state index is 13.7. The van der Waals surface area contributed by atoms with Crippen LogP contribution in [0.4, 0.5) is 0 Å². The Bertz CT molecular complexity index is 2270. The Labute approximate surface area is 292 Å². The number of pyridine rings is 2. The van der Waals surface area contributed by atoms with Gasteiger partial charge in [0, 0.05) is 35.0 Å². The number of carbonyl (C=O) groups excluding carboxylic acids is 2. The molecule has 0 saturated carbocycles. The van der Waals surface area contributed by atoms with Crippen molar-refractivity contribution in [1.82, 2.24) is 20.6 Å². The SMILES string of the molecule is Cc1ccc(-c2cc(C(=O)NCc3cccc(CNC(=O)c4cc(-c5ccc(C)cc5C)nc5ccccc45)c3)c3ccccc3n2)c(C)c1. The normalized spacial score (nSPS) is 11.1. The van der Waals surface area contributed by atoms with Gasteiger partial charge in [-0.2, -0.15) is 0 Å². The summed E-state index contributed by atoms with van der Waals surface area (Å²) in [5.74, 6) is -0.338. The molecule has 0 aliphatic carbocycles. The lowest BCUT2D eigenvalue weighted by Crippen LogP contribution is -2.24. The van der Waals surface area contributed by atoms with Gasteiger partial charge in [0.05, 0.1) is 33.5 Å². The van der Waals surface area contributed by atoms with E-state index in [2.05, 4.69) is 74.7 Å². The minimum absolute atomic E-state index is 0.169. The fraction of sp³-hybridized carbons (Fsp3) is 0.136. The molecule has 0 atom stereocenters. The molecule has 50 heavy (non-hydrogen) atoms. The maximum absolute atomic E-state index is 13.7. The Hall–Kier alpha value is -6.14. The zero-order chi connectivity index (χ0) is 34.8. The van der Waals surface area contributed by atoms with Crippen molar-refractivity contribution in [3.63, 3.8) is 0 Å². The van der Waals surface area contributed by atoms with E-state index < -0.39 is 0 Å². The molecule has 2 heterocycles. The third-order valence-corrected chi connectivity index (χ3v) is 9.13. The van der Waals surface area contributed by atoms with Gasteiger partial charge in [-0.25, -0.2) is 9.97 Å². The Kier molecular flexibility index (Phi) is 8.92. The summed E-state index contributed by atoms with van der Waals surface area (Å²) in [6.07, 6.45) is 0. The lowest BCUT2D eigenvalue weighted by Gasteiger charge is -2.13. The van der Waals surface area contributed by atoms with Crippen LogP contribution in [0.2, 0.25) is 0 Å². The van der Waals surface area contributed by atoms with Crippen LogP contribution >= 0.6 is 0 Å². The van der Waals surface area contributed by atoms with E-state index in [0.29, 0.717) is 24.2 Å². The van der Waals surface area contributed by atoms with Gasteiger partial charge in [-0.1, -0.05) is 108 Å². The summed E-state index contributed by atoms with van der Waals surface area (Å²) in [7, 11) is 0. The van der Waals surface area contributed by atoms with Crippen molar-refractivity contribution >= 4 is 33.6 Å². The lowest BCUT2D eigenvalue weighted by atomic mass is 9.99. The molecule has 246 valence electrons. The number of fused-ring (bicyclic) bond motifs is 2. The van der Waals surface area contributed by atoms with Gasteiger partial charge >= 0.3 is 0 Å². The minimum Gasteiger partial charge on any atom is -0.348 e. The number of nitrogens with one attached hydrogen (secondary N) is 2. The topological polar surface area (TPSA) is 84.0 Å². The van der Waals surface area contributed by atoms with E-state index in [1.807, 2.05) is 84.9 Å². The smallest absolute Gasteiger partial charge is 0.252 e. The lowest BCUT2D eigenvalue weighted by molar-refractivity contribution is 0.0945. The summed E-state index contributed by atoms with van der Waals surface area (Å²) < 4.78 is 0. The quantitative estimate of drug-likeness (QED) is 0.171. The summed E-state index contributed by atoms with van der Waals surface area (Å²) in [4.78, 5) is 37.2.